The van der Waals surface area contributed by atoms with Gasteiger partial charge in [0.15, 0.2) is 0 Å². The van der Waals surface area contributed by atoms with Gasteiger partial charge in [0.1, 0.15) is 11.6 Å². The minimum Gasteiger partial charge on any atom is -0.390 e. The molecule has 0 bridgehead atoms. The molecule has 6 nitrogen and oxygen atoms in total. The quantitative estimate of drug-likeness (QED) is 0.236. The predicted octanol–water partition coefficient (Wildman–Crippen LogP) is 5.52. The van der Waals surface area contributed by atoms with Crippen molar-refractivity contribution >= 4 is 11.8 Å². The first-order valence-corrected chi connectivity index (χ1v) is 14.8. The van der Waals surface area contributed by atoms with Crippen LogP contribution in [0.15, 0.2) is 66.7 Å². The molecule has 0 aliphatic heterocycles. The number of nitrogens with zero attached hydrogens (tertiary/aromatic N) is 1. The van der Waals surface area contributed by atoms with Gasteiger partial charge in [-0.1, -0.05) is 44.2 Å². The molecule has 1 fully saturated rings. The van der Waals surface area contributed by atoms with E-state index in [9.17, 15) is 23.5 Å². The smallest absolute Gasteiger partial charge is 0.253 e. The first-order chi connectivity index (χ1) is 20.1. The van der Waals surface area contributed by atoms with Crippen LogP contribution in [0.2, 0.25) is 0 Å². The molecule has 0 saturated heterocycles. The van der Waals surface area contributed by atoms with Crippen LogP contribution in [0.3, 0.4) is 0 Å². The van der Waals surface area contributed by atoms with Crippen LogP contribution in [0, 0.1) is 18.6 Å². The summed E-state index contributed by atoms with van der Waals surface area (Å²) >= 11 is 0. The zero-order chi connectivity index (χ0) is 30.3. The van der Waals surface area contributed by atoms with Gasteiger partial charge in [0.2, 0.25) is 0 Å². The Morgan fingerprint density at radius 3 is 2.14 bits per heavy atom. The van der Waals surface area contributed by atoms with Crippen LogP contribution in [0.25, 0.3) is 0 Å². The maximum absolute atomic E-state index is 14.0. The van der Waals surface area contributed by atoms with E-state index in [2.05, 4.69) is 10.6 Å². The van der Waals surface area contributed by atoms with Gasteiger partial charge < -0.3 is 20.6 Å². The van der Waals surface area contributed by atoms with Crippen molar-refractivity contribution < 1.29 is 23.5 Å². The maximum atomic E-state index is 14.0. The minimum atomic E-state index is -1.06. The average molecular weight is 578 g/mol. The molecule has 4 rings (SSSR count). The highest BCUT2D eigenvalue weighted by atomic mass is 19.1. The molecule has 224 valence electrons. The Labute approximate surface area is 247 Å². The number of carbonyl (C=O) groups is 2. The predicted molar refractivity (Wildman–Crippen MR) is 160 cm³/mol. The zero-order valence-corrected chi connectivity index (χ0v) is 24.6. The van der Waals surface area contributed by atoms with Crippen molar-refractivity contribution in [1.82, 2.24) is 15.5 Å². The minimum absolute atomic E-state index is 0.0139. The number of rotatable bonds is 14. The van der Waals surface area contributed by atoms with Crippen molar-refractivity contribution in [1.29, 1.82) is 0 Å². The summed E-state index contributed by atoms with van der Waals surface area (Å²) in [5.74, 6) is -2.07. The lowest BCUT2D eigenvalue weighted by atomic mass is 9.98. The van der Waals surface area contributed by atoms with Crippen molar-refractivity contribution in [3.05, 3.63) is 106 Å². The zero-order valence-electron chi connectivity index (χ0n) is 24.6. The summed E-state index contributed by atoms with van der Waals surface area (Å²) in [6.07, 6.45) is 2.44. The van der Waals surface area contributed by atoms with Crippen LogP contribution in [0.1, 0.15) is 76.9 Å². The fourth-order valence-electron chi connectivity index (χ4n) is 5.48. The Balaban J connectivity index is 1.55. The first-order valence-electron chi connectivity index (χ1n) is 14.8. The molecule has 1 aliphatic carbocycles. The van der Waals surface area contributed by atoms with Crippen molar-refractivity contribution in [2.45, 2.75) is 70.6 Å². The lowest BCUT2D eigenvalue weighted by Crippen LogP contribution is -2.50. The normalized spacial score (nSPS) is 15.1. The molecular formula is C34H41F2N3O3. The van der Waals surface area contributed by atoms with Crippen molar-refractivity contribution in [2.75, 3.05) is 19.6 Å². The van der Waals surface area contributed by atoms with Gasteiger partial charge in [-0.2, -0.15) is 0 Å². The molecule has 3 aromatic carbocycles. The third kappa shape index (κ3) is 8.01. The summed E-state index contributed by atoms with van der Waals surface area (Å²) in [5.41, 5.74) is 2.66. The highest BCUT2D eigenvalue weighted by Gasteiger charge is 2.44. The van der Waals surface area contributed by atoms with Gasteiger partial charge in [-0.3, -0.25) is 9.59 Å². The van der Waals surface area contributed by atoms with Crippen molar-refractivity contribution in [2.24, 2.45) is 0 Å². The van der Waals surface area contributed by atoms with E-state index in [1.165, 1.54) is 12.1 Å². The maximum Gasteiger partial charge on any atom is 0.253 e. The van der Waals surface area contributed by atoms with Gasteiger partial charge in [-0.15, -0.1) is 0 Å². The summed E-state index contributed by atoms with van der Waals surface area (Å²) < 4.78 is 28.0. The van der Waals surface area contributed by atoms with Crippen LogP contribution in [-0.4, -0.2) is 53.6 Å². The highest BCUT2D eigenvalue weighted by Crippen LogP contribution is 2.45. The second-order valence-electron chi connectivity index (χ2n) is 11.3. The van der Waals surface area contributed by atoms with E-state index in [1.807, 2.05) is 51.1 Å². The Morgan fingerprint density at radius 2 is 1.55 bits per heavy atom. The second-order valence-corrected chi connectivity index (χ2v) is 11.3. The van der Waals surface area contributed by atoms with Crippen LogP contribution in [0.4, 0.5) is 8.78 Å². The van der Waals surface area contributed by atoms with E-state index in [1.54, 1.807) is 23.1 Å². The van der Waals surface area contributed by atoms with Gasteiger partial charge in [0.25, 0.3) is 11.8 Å². The van der Waals surface area contributed by atoms with Crippen LogP contribution in [-0.2, 0) is 12.0 Å². The average Bonchev–Trinajstić information content (AvgIpc) is 3.76. The molecule has 0 radical (unpaired) electrons. The van der Waals surface area contributed by atoms with Crippen LogP contribution in [0.5, 0.6) is 0 Å². The Morgan fingerprint density at radius 1 is 0.929 bits per heavy atom. The fourth-order valence-corrected chi connectivity index (χ4v) is 5.48. The summed E-state index contributed by atoms with van der Waals surface area (Å²) in [5, 5.41) is 17.7. The van der Waals surface area contributed by atoms with E-state index >= 15 is 0 Å². The van der Waals surface area contributed by atoms with Crippen LogP contribution >= 0.6 is 0 Å². The fraction of sp³-hybridized carbons (Fsp3) is 0.412. The van der Waals surface area contributed by atoms with Gasteiger partial charge in [0.05, 0.1) is 12.1 Å². The number of amides is 2. The van der Waals surface area contributed by atoms with Crippen molar-refractivity contribution in [3.63, 3.8) is 0 Å². The summed E-state index contributed by atoms with van der Waals surface area (Å²) in [7, 11) is 0. The van der Waals surface area contributed by atoms with Crippen LogP contribution < -0.4 is 10.6 Å². The van der Waals surface area contributed by atoms with Crippen molar-refractivity contribution in [3.8, 4) is 0 Å². The summed E-state index contributed by atoms with van der Waals surface area (Å²) in [4.78, 5) is 28.6. The lowest BCUT2D eigenvalue weighted by Gasteiger charge is -2.27. The number of halogens is 2. The summed E-state index contributed by atoms with van der Waals surface area (Å²) in [6, 6.07) is 17.3. The van der Waals surface area contributed by atoms with Gasteiger partial charge in [-0.25, -0.2) is 8.78 Å². The third-order valence-corrected chi connectivity index (χ3v) is 7.75. The molecule has 0 aromatic heterocycles. The number of benzene rings is 3. The van der Waals surface area contributed by atoms with E-state index in [0.29, 0.717) is 24.2 Å². The molecule has 8 heteroatoms. The number of aliphatic hydroxyl groups is 1. The molecule has 0 heterocycles. The molecule has 3 N–H and O–H groups in total. The molecule has 2 amide bonds. The molecule has 42 heavy (non-hydrogen) atoms. The summed E-state index contributed by atoms with van der Waals surface area (Å²) in [6.45, 7) is 7.26. The number of aliphatic hydroxyl groups excluding tert-OH is 1. The Kier molecular flexibility index (Phi) is 10.5. The number of aryl methyl sites for hydroxylation is 1. The monoisotopic (exact) mass is 577 g/mol. The number of nitrogens with one attached hydrogen (secondary N) is 2. The van der Waals surface area contributed by atoms with Gasteiger partial charge in [-0.05, 0) is 86.1 Å². The SMILES string of the molecule is CCCN(CCC)C(=O)c1cc(C)cc(C(=O)N[C@@H](Cc2cc(F)cc(F)c2)[C@H](O)CNC2(c3ccccc3)CC2)c1. The number of hydrogen-bond donors (Lipinski definition) is 3. The Hall–Kier alpha value is -3.62. The van der Waals surface area contributed by atoms with E-state index in [4.69, 9.17) is 0 Å². The van der Waals surface area contributed by atoms with E-state index in [0.717, 1.165) is 42.9 Å². The third-order valence-electron chi connectivity index (χ3n) is 7.75. The molecule has 3 aromatic rings. The molecule has 1 aliphatic rings. The molecular weight excluding hydrogens is 536 g/mol. The second kappa shape index (κ2) is 14.0. The standard InChI is InChI=1S/C34H41F2N3O3/c1-4-13-39(14-5-2)33(42)26-16-23(3)15-25(20-26)32(41)38-30(19-24-17-28(35)21-29(36)18-24)31(40)22-37-34(11-12-34)27-9-7-6-8-10-27/h6-10,15-18,20-21,30-31,37,40H,4-5,11-14,19,22H2,1-3H3,(H,38,41)/t30-,31+/m0/s1. The Bertz CT molecular complexity index is 1350. The number of carbonyl (C=O) groups excluding carboxylic acids is 2. The van der Waals surface area contributed by atoms with E-state index in [-0.39, 0.29) is 30.0 Å². The molecule has 2 atom stereocenters. The molecule has 1 saturated carbocycles. The highest BCUT2D eigenvalue weighted by molar-refractivity contribution is 6.00. The van der Waals surface area contributed by atoms with Gasteiger partial charge >= 0.3 is 0 Å². The number of hydrogen-bond acceptors (Lipinski definition) is 4. The first kappa shape index (κ1) is 31.3. The lowest BCUT2D eigenvalue weighted by molar-refractivity contribution is 0.0755. The topological polar surface area (TPSA) is 81.7 Å². The molecule has 0 spiro atoms. The molecule has 0 unspecified atom stereocenters. The van der Waals surface area contributed by atoms with Gasteiger partial charge in [0, 0.05) is 42.4 Å². The van der Waals surface area contributed by atoms with E-state index < -0.39 is 29.7 Å². The largest absolute Gasteiger partial charge is 0.390 e.